The molecule has 0 radical (unpaired) electrons. The van der Waals surface area contributed by atoms with E-state index in [9.17, 15) is 0 Å². The van der Waals surface area contributed by atoms with E-state index in [4.69, 9.17) is 21.1 Å². The Labute approximate surface area is 138 Å². The molecule has 0 aliphatic heterocycles. The normalized spacial score (nSPS) is 10.5. The molecule has 3 nitrogen and oxygen atoms in total. The molecular weight excluding hydrogens is 354 g/mol. The molecule has 2 aromatic carbocycles. The lowest BCUT2D eigenvalue weighted by atomic mass is 10.2. The van der Waals surface area contributed by atoms with Crippen molar-refractivity contribution in [2.75, 3.05) is 14.2 Å². The van der Waals surface area contributed by atoms with Crippen LogP contribution in [0.4, 0.5) is 0 Å². The van der Waals surface area contributed by atoms with E-state index in [0.717, 1.165) is 22.1 Å². The van der Waals surface area contributed by atoms with Crippen LogP contribution in [0.15, 0.2) is 40.9 Å². The van der Waals surface area contributed by atoms with E-state index < -0.39 is 0 Å². The molecule has 0 aliphatic carbocycles. The first kappa shape index (κ1) is 16.1. The van der Waals surface area contributed by atoms with Gasteiger partial charge in [-0.25, -0.2) is 0 Å². The summed E-state index contributed by atoms with van der Waals surface area (Å²) in [5, 5.41) is 3.64. The fourth-order valence-corrected chi connectivity index (χ4v) is 2.51. The lowest BCUT2D eigenvalue weighted by Gasteiger charge is -2.14. The molecule has 0 aromatic heterocycles. The van der Waals surface area contributed by atoms with Crippen molar-refractivity contribution in [3.05, 3.63) is 57.0 Å². The summed E-state index contributed by atoms with van der Waals surface area (Å²) in [6.45, 7) is 1.16. The molecule has 2 rings (SSSR count). The van der Waals surface area contributed by atoms with Gasteiger partial charge in [0, 0.05) is 11.0 Å². The van der Waals surface area contributed by atoms with Gasteiger partial charge in [-0.15, -0.1) is 0 Å². The molecule has 0 saturated carbocycles. The first-order valence-electron chi connectivity index (χ1n) is 6.52. The maximum absolute atomic E-state index is 6.30. The number of ether oxygens (including phenoxy) is 2. The molecule has 112 valence electrons. The van der Waals surface area contributed by atoms with Crippen molar-refractivity contribution in [1.29, 1.82) is 0 Å². The summed E-state index contributed by atoms with van der Waals surface area (Å²) >= 11 is 9.71. The van der Waals surface area contributed by atoms with Crippen LogP contribution < -0.4 is 14.8 Å². The second-order valence-corrected chi connectivity index (χ2v) is 5.88. The molecule has 0 bridgehead atoms. The van der Waals surface area contributed by atoms with E-state index in [1.807, 2.05) is 43.4 Å². The standard InChI is InChI=1S/C16H17BrClNO2/c1-19-9-12-7-14(18)16(15(8-12)20-2)21-10-11-3-5-13(17)6-4-11/h3-8,19H,9-10H2,1-2H3. The number of methoxy groups -OCH3 is 1. The number of rotatable bonds is 6. The van der Waals surface area contributed by atoms with Gasteiger partial charge in [0.1, 0.15) is 6.61 Å². The predicted molar refractivity (Wildman–Crippen MR) is 89.2 cm³/mol. The van der Waals surface area contributed by atoms with E-state index in [1.165, 1.54) is 0 Å². The fourth-order valence-electron chi connectivity index (χ4n) is 1.96. The van der Waals surface area contributed by atoms with Crippen LogP contribution in [-0.4, -0.2) is 14.2 Å². The minimum Gasteiger partial charge on any atom is -0.493 e. The number of hydrogen-bond acceptors (Lipinski definition) is 3. The Morgan fingerprint density at radius 1 is 1.14 bits per heavy atom. The van der Waals surface area contributed by atoms with Crippen molar-refractivity contribution >= 4 is 27.5 Å². The molecule has 21 heavy (non-hydrogen) atoms. The van der Waals surface area contributed by atoms with Crippen molar-refractivity contribution in [2.45, 2.75) is 13.2 Å². The molecule has 0 aliphatic rings. The highest BCUT2D eigenvalue weighted by atomic mass is 79.9. The molecule has 0 fully saturated rings. The van der Waals surface area contributed by atoms with Gasteiger partial charge in [-0.1, -0.05) is 39.7 Å². The Balaban J connectivity index is 2.16. The second-order valence-electron chi connectivity index (χ2n) is 4.55. The minimum absolute atomic E-state index is 0.439. The van der Waals surface area contributed by atoms with E-state index in [-0.39, 0.29) is 0 Å². The molecular formula is C16H17BrClNO2. The summed E-state index contributed by atoms with van der Waals surface area (Å²) in [6, 6.07) is 11.8. The Bertz CT molecular complexity index is 602. The predicted octanol–water partition coefficient (Wildman–Crippen LogP) is 4.41. The lowest BCUT2D eigenvalue weighted by molar-refractivity contribution is 0.284. The van der Waals surface area contributed by atoms with Crippen molar-refractivity contribution in [3.8, 4) is 11.5 Å². The van der Waals surface area contributed by atoms with E-state index in [2.05, 4.69) is 21.2 Å². The van der Waals surface area contributed by atoms with E-state index in [0.29, 0.717) is 23.1 Å². The van der Waals surface area contributed by atoms with Crippen LogP contribution >= 0.6 is 27.5 Å². The summed E-state index contributed by atoms with van der Waals surface area (Å²) in [4.78, 5) is 0. The highest BCUT2D eigenvalue weighted by Crippen LogP contribution is 2.37. The third-order valence-electron chi connectivity index (χ3n) is 2.97. The van der Waals surface area contributed by atoms with Crippen molar-refractivity contribution < 1.29 is 9.47 Å². The molecule has 0 saturated heterocycles. The quantitative estimate of drug-likeness (QED) is 0.817. The minimum atomic E-state index is 0.439. The maximum Gasteiger partial charge on any atom is 0.180 e. The van der Waals surface area contributed by atoms with Crippen LogP contribution in [0.3, 0.4) is 0 Å². The summed E-state index contributed by atoms with van der Waals surface area (Å²) in [5.74, 6) is 1.21. The average molecular weight is 371 g/mol. The molecule has 5 heteroatoms. The summed E-state index contributed by atoms with van der Waals surface area (Å²) in [7, 11) is 3.50. The van der Waals surface area contributed by atoms with Gasteiger partial charge >= 0.3 is 0 Å². The van der Waals surface area contributed by atoms with Crippen molar-refractivity contribution in [3.63, 3.8) is 0 Å². The molecule has 2 aromatic rings. The van der Waals surface area contributed by atoms with Gasteiger partial charge in [0.2, 0.25) is 0 Å². The number of hydrogen-bond donors (Lipinski definition) is 1. The Hall–Kier alpha value is -1.23. The van der Waals surface area contributed by atoms with Gasteiger partial charge < -0.3 is 14.8 Å². The van der Waals surface area contributed by atoms with Crippen LogP contribution in [0.25, 0.3) is 0 Å². The average Bonchev–Trinajstić information content (AvgIpc) is 2.47. The second kappa shape index (κ2) is 7.69. The Morgan fingerprint density at radius 3 is 2.48 bits per heavy atom. The SMILES string of the molecule is CNCc1cc(Cl)c(OCc2ccc(Br)cc2)c(OC)c1. The maximum atomic E-state index is 6.30. The van der Waals surface area contributed by atoms with Gasteiger partial charge in [0.25, 0.3) is 0 Å². The lowest BCUT2D eigenvalue weighted by Crippen LogP contribution is -2.06. The monoisotopic (exact) mass is 369 g/mol. The van der Waals surface area contributed by atoms with Crippen LogP contribution in [0.2, 0.25) is 5.02 Å². The highest BCUT2D eigenvalue weighted by Gasteiger charge is 2.12. The topological polar surface area (TPSA) is 30.5 Å². The Morgan fingerprint density at radius 2 is 1.86 bits per heavy atom. The van der Waals surface area contributed by atoms with E-state index in [1.54, 1.807) is 7.11 Å². The van der Waals surface area contributed by atoms with Crippen LogP contribution in [-0.2, 0) is 13.2 Å². The third kappa shape index (κ3) is 4.37. The highest BCUT2D eigenvalue weighted by molar-refractivity contribution is 9.10. The van der Waals surface area contributed by atoms with Gasteiger partial charge in [0.15, 0.2) is 11.5 Å². The first-order chi connectivity index (χ1) is 10.1. The van der Waals surface area contributed by atoms with E-state index >= 15 is 0 Å². The Kier molecular flexibility index (Phi) is 5.91. The summed E-state index contributed by atoms with van der Waals surface area (Å²) in [5.41, 5.74) is 2.12. The molecule has 0 atom stereocenters. The molecule has 0 unspecified atom stereocenters. The summed E-state index contributed by atoms with van der Waals surface area (Å²) < 4.78 is 12.2. The zero-order chi connectivity index (χ0) is 15.2. The number of nitrogens with one attached hydrogen (secondary N) is 1. The molecule has 0 amide bonds. The number of benzene rings is 2. The third-order valence-corrected chi connectivity index (χ3v) is 3.78. The zero-order valence-corrected chi connectivity index (χ0v) is 14.3. The van der Waals surface area contributed by atoms with Crippen molar-refractivity contribution in [2.24, 2.45) is 0 Å². The van der Waals surface area contributed by atoms with Crippen LogP contribution in [0, 0.1) is 0 Å². The smallest absolute Gasteiger partial charge is 0.180 e. The fraction of sp³-hybridized carbons (Fsp3) is 0.250. The van der Waals surface area contributed by atoms with Crippen LogP contribution in [0.5, 0.6) is 11.5 Å². The van der Waals surface area contributed by atoms with Crippen molar-refractivity contribution in [1.82, 2.24) is 5.32 Å². The van der Waals surface area contributed by atoms with Gasteiger partial charge in [-0.3, -0.25) is 0 Å². The zero-order valence-electron chi connectivity index (χ0n) is 12.0. The van der Waals surface area contributed by atoms with Gasteiger partial charge in [-0.05, 0) is 42.4 Å². The van der Waals surface area contributed by atoms with Gasteiger partial charge in [-0.2, -0.15) is 0 Å². The molecule has 1 N–H and O–H groups in total. The first-order valence-corrected chi connectivity index (χ1v) is 7.69. The molecule has 0 heterocycles. The largest absolute Gasteiger partial charge is 0.493 e. The summed E-state index contributed by atoms with van der Waals surface area (Å²) in [6.07, 6.45) is 0. The number of halogens is 2. The molecule has 0 spiro atoms. The van der Waals surface area contributed by atoms with Crippen LogP contribution in [0.1, 0.15) is 11.1 Å². The van der Waals surface area contributed by atoms with Gasteiger partial charge in [0.05, 0.1) is 12.1 Å².